The zero-order valence-electron chi connectivity index (χ0n) is 17.7. The minimum atomic E-state index is -1.24. The van der Waals surface area contributed by atoms with Gasteiger partial charge in [-0.15, -0.1) is 5.06 Å². The Morgan fingerprint density at radius 2 is 1.68 bits per heavy atom. The number of carbonyl (C=O) groups is 2. The summed E-state index contributed by atoms with van der Waals surface area (Å²) < 4.78 is 5.42. The molecular weight excluding hydrogens is 398 g/mol. The maximum Gasteiger partial charge on any atom is 0.527 e. The number of ketones is 1. The minimum Gasteiger partial charge on any atom is -0.432 e. The van der Waals surface area contributed by atoms with Gasteiger partial charge >= 0.3 is 12.4 Å². The van der Waals surface area contributed by atoms with Crippen molar-refractivity contribution in [3.8, 4) is 11.1 Å². The van der Waals surface area contributed by atoms with Gasteiger partial charge in [-0.2, -0.15) is 4.79 Å². The van der Waals surface area contributed by atoms with Gasteiger partial charge in [-0.25, -0.2) is 4.79 Å². The largest absolute Gasteiger partial charge is 0.527 e. The molecule has 1 atom stereocenters. The molecule has 8 heteroatoms. The van der Waals surface area contributed by atoms with Crippen molar-refractivity contribution in [3.63, 3.8) is 0 Å². The van der Waals surface area contributed by atoms with Crippen LogP contribution in [0.3, 0.4) is 0 Å². The lowest BCUT2D eigenvalue weighted by Crippen LogP contribution is -2.54. The summed E-state index contributed by atoms with van der Waals surface area (Å²) in [4.78, 5) is 32.7. The van der Waals surface area contributed by atoms with Crippen molar-refractivity contribution < 1.29 is 29.1 Å². The second-order valence-electron chi connectivity index (χ2n) is 8.22. The predicted molar refractivity (Wildman–Crippen MR) is 113 cm³/mol. The summed E-state index contributed by atoms with van der Waals surface area (Å²) in [7, 11) is 0. The number of ether oxygens (including phenoxy) is 1. The zero-order valence-corrected chi connectivity index (χ0v) is 17.7. The first-order valence-electron chi connectivity index (χ1n) is 9.92. The van der Waals surface area contributed by atoms with E-state index in [0.29, 0.717) is 6.21 Å². The van der Waals surface area contributed by atoms with E-state index < -0.39 is 30.1 Å². The summed E-state index contributed by atoms with van der Waals surface area (Å²) in [5.74, 6) is -0.855. The van der Waals surface area contributed by atoms with Crippen molar-refractivity contribution >= 4 is 18.2 Å². The van der Waals surface area contributed by atoms with Crippen LogP contribution >= 0.6 is 0 Å². The molecule has 31 heavy (non-hydrogen) atoms. The summed E-state index contributed by atoms with van der Waals surface area (Å²) in [5, 5.41) is 10.7. The number of Topliss-reactive ketones (excluding diaryl/α,β-unsaturated/α-hetero) is 1. The lowest BCUT2D eigenvalue weighted by atomic mass is 9.98. The summed E-state index contributed by atoms with van der Waals surface area (Å²) in [5.41, 5.74) is 12.1. The number of carbonyl (C=O) groups excluding carboxylic acids is 2. The molecule has 162 valence electrons. The SMILES string of the molecule is CC(C)(C)N(OC(=O)OCC1c2ccccc2-c2ccccc21)[C@H](CO)C(=O)C=[N+]=[N-]. The number of hydrogen-bond donors (Lipinski definition) is 1. The normalized spacial score (nSPS) is 13.7. The Bertz CT molecular complexity index is 978. The van der Waals surface area contributed by atoms with Crippen LogP contribution in [-0.2, 0) is 14.4 Å². The first-order chi connectivity index (χ1) is 14.8. The molecule has 1 aliphatic rings. The Kier molecular flexibility index (Phi) is 6.65. The van der Waals surface area contributed by atoms with E-state index in [2.05, 4.69) is 4.79 Å². The van der Waals surface area contributed by atoms with Gasteiger partial charge < -0.3 is 20.2 Å². The van der Waals surface area contributed by atoms with Crippen LogP contribution in [0.2, 0.25) is 0 Å². The van der Waals surface area contributed by atoms with E-state index in [0.717, 1.165) is 27.3 Å². The van der Waals surface area contributed by atoms with Crippen LogP contribution in [0, 0.1) is 0 Å². The van der Waals surface area contributed by atoms with Crippen molar-refractivity contribution in [1.29, 1.82) is 0 Å². The van der Waals surface area contributed by atoms with E-state index in [1.165, 1.54) is 0 Å². The molecule has 0 unspecified atom stereocenters. The first-order valence-corrected chi connectivity index (χ1v) is 9.92. The Hall–Kier alpha value is -3.32. The smallest absolute Gasteiger partial charge is 0.432 e. The second kappa shape index (κ2) is 9.22. The van der Waals surface area contributed by atoms with Gasteiger partial charge in [0.15, 0.2) is 0 Å². The van der Waals surface area contributed by atoms with Crippen molar-refractivity contribution in [3.05, 3.63) is 65.2 Å². The van der Waals surface area contributed by atoms with Crippen molar-refractivity contribution in [1.82, 2.24) is 5.06 Å². The molecule has 0 aliphatic heterocycles. The van der Waals surface area contributed by atoms with Gasteiger partial charge in [-0.3, -0.25) is 4.79 Å². The standard InChI is InChI=1S/C23H25N3O5/c1-23(2,3)26(20(13-27)21(28)12-25-24)31-22(29)30-14-19-17-10-6-4-8-15(17)16-9-5-7-11-18(16)19/h4-12,19-20,27H,13-14H2,1-3H3/t20-/m1/s1. The molecule has 1 aliphatic carbocycles. The number of aliphatic hydroxyl groups excluding tert-OH is 1. The molecule has 0 bridgehead atoms. The van der Waals surface area contributed by atoms with Crippen LogP contribution in [-0.4, -0.2) is 57.9 Å². The molecule has 3 rings (SSSR count). The summed E-state index contributed by atoms with van der Waals surface area (Å²) in [6.45, 7) is 4.53. The summed E-state index contributed by atoms with van der Waals surface area (Å²) in [6.07, 6.45) is -0.343. The van der Waals surface area contributed by atoms with Gasteiger partial charge in [0.1, 0.15) is 12.6 Å². The second-order valence-corrected chi connectivity index (χ2v) is 8.22. The highest BCUT2D eigenvalue weighted by Gasteiger charge is 2.38. The number of aliphatic hydroxyl groups is 1. The van der Waals surface area contributed by atoms with E-state index in [1.807, 2.05) is 48.5 Å². The highest BCUT2D eigenvalue weighted by molar-refractivity contribution is 6.27. The lowest BCUT2D eigenvalue weighted by molar-refractivity contribution is -0.207. The van der Waals surface area contributed by atoms with Crippen molar-refractivity contribution in [2.24, 2.45) is 0 Å². The van der Waals surface area contributed by atoms with Crippen LogP contribution in [0.1, 0.15) is 37.8 Å². The van der Waals surface area contributed by atoms with Gasteiger partial charge in [0.05, 0.1) is 6.61 Å². The third-order valence-corrected chi connectivity index (χ3v) is 5.13. The van der Waals surface area contributed by atoms with E-state index >= 15 is 0 Å². The topological polar surface area (TPSA) is 112 Å². The van der Waals surface area contributed by atoms with E-state index in [1.54, 1.807) is 20.8 Å². The molecule has 2 aromatic rings. The fourth-order valence-corrected chi connectivity index (χ4v) is 3.79. The van der Waals surface area contributed by atoms with Crippen LogP contribution in [0.25, 0.3) is 16.7 Å². The monoisotopic (exact) mass is 423 g/mol. The molecule has 0 fully saturated rings. The van der Waals surface area contributed by atoms with E-state index in [9.17, 15) is 14.7 Å². The molecule has 0 amide bonds. The van der Waals surface area contributed by atoms with E-state index in [4.69, 9.17) is 15.1 Å². The Balaban J connectivity index is 1.75. The molecule has 0 radical (unpaired) electrons. The third kappa shape index (κ3) is 4.72. The fraction of sp³-hybridized carbons (Fsp3) is 0.348. The molecule has 0 aromatic heterocycles. The van der Waals surface area contributed by atoms with Gasteiger partial charge in [-0.1, -0.05) is 48.5 Å². The van der Waals surface area contributed by atoms with Crippen molar-refractivity contribution in [2.45, 2.75) is 38.3 Å². The zero-order chi connectivity index (χ0) is 22.6. The van der Waals surface area contributed by atoms with Gasteiger partial charge in [0.2, 0.25) is 0 Å². The number of fused-ring (bicyclic) bond motifs is 3. The Morgan fingerprint density at radius 3 is 2.16 bits per heavy atom. The summed E-state index contributed by atoms with van der Waals surface area (Å²) in [6, 6.07) is 14.7. The van der Waals surface area contributed by atoms with Crippen molar-refractivity contribution in [2.75, 3.05) is 13.2 Å². The highest BCUT2D eigenvalue weighted by Crippen LogP contribution is 2.44. The molecule has 2 aromatic carbocycles. The molecule has 0 spiro atoms. The summed E-state index contributed by atoms with van der Waals surface area (Å²) >= 11 is 0. The molecule has 8 nitrogen and oxygen atoms in total. The highest BCUT2D eigenvalue weighted by atomic mass is 16.8. The number of hydrogen-bond acceptors (Lipinski definition) is 6. The lowest BCUT2D eigenvalue weighted by Gasteiger charge is -2.36. The molecule has 0 heterocycles. The first kappa shape index (κ1) is 22.4. The van der Waals surface area contributed by atoms with Gasteiger partial charge in [0.25, 0.3) is 5.78 Å². The fourth-order valence-electron chi connectivity index (χ4n) is 3.79. The average Bonchev–Trinajstić information content (AvgIpc) is 3.05. The quantitative estimate of drug-likeness (QED) is 0.241. The minimum absolute atomic E-state index is 0.0562. The maximum atomic E-state index is 12.5. The van der Waals surface area contributed by atoms with Crippen LogP contribution in [0.4, 0.5) is 4.79 Å². The van der Waals surface area contributed by atoms with Crippen LogP contribution in [0.15, 0.2) is 48.5 Å². The molecule has 1 N–H and O–H groups in total. The van der Waals surface area contributed by atoms with Gasteiger partial charge in [-0.05, 0) is 43.0 Å². The Morgan fingerprint density at radius 1 is 1.13 bits per heavy atom. The van der Waals surface area contributed by atoms with Crippen LogP contribution in [0.5, 0.6) is 0 Å². The molecular formula is C23H25N3O5. The molecule has 0 saturated heterocycles. The number of nitrogens with zero attached hydrogens (tertiary/aromatic N) is 3. The van der Waals surface area contributed by atoms with E-state index in [-0.39, 0.29) is 12.5 Å². The van der Waals surface area contributed by atoms with Crippen LogP contribution < -0.4 is 0 Å². The maximum absolute atomic E-state index is 12.5. The number of hydroxylamine groups is 2. The average molecular weight is 423 g/mol. The number of rotatable bonds is 7. The molecule has 0 saturated carbocycles. The number of benzene rings is 2. The predicted octanol–water partition coefficient (Wildman–Crippen LogP) is 3.20. The Labute approximate surface area is 180 Å². The van der Waals surface area contributed by atoms with Gasteiger partial charge in [0, 0.05) is 11.5 Å². The third-order valence-electron chi connectivity index (χ3n) is 5.13.